The van der Waals surface area contributed by atoms with Crippen LogP contribution in [0, 0.1) is 0 Å². The summed E-state index contributed by atoms with van der Waals surface area (Å²) in [5.41, 5.74) is 1.97. The van der Waals surface area contributed by atoms with E-state index in [4.69, 9.17) is 9.47 Å². The number of hydrogen-bond donors (Lipinski definition) is 1. The normalized spacial score (nSPS) is 10.0. The van der Waals surface area contributed by atoms with Crippen molar-refractivity contribution in [3.8, 4) is 23.0 Å². The molecule has 0 aliphatic carbocycles. The van der Waals surface area contributed by atoms with Crippen LogP contribution >= 0.6 is 0 Å². The van der Waals surface area contributed by atoms with Gasteiger partial charge in [0.15, 0.2) is 0 Å². The molecule has 0 unspecified atom stereocenters. The molecule has 0 spiro atoms. The van der Waals surface area contributed by atoms with E-state index < -0.39 is 0 Å². The quantitative estimate of drug-likeness (QED) is 0.832. The third-order valence-electron chi connectivity index (χ3n) is 2.15. The highest BCUT2D eigenvalue weighted by Crippen LogP contribution is 2.21. The molecule has 1 aromatic heterocycles. The van der Waals surface area contributed by atoms with Gasteiger partial charge in [-0.2, -0.15) is 0 Å². The highest BCUT2D eigenvalue weighted by Gasteiger charge is 2.02. The van der Waals surface area contributed by atoms with E-state index in [1.165, 1.54) is 0 Å². The number of H-pyrrole nitrogens is 1. The third-order valence-corrected chi connectivity index (χ3v) is 2.15. The summed E-state index contributed by atoms with van der Waals surface area (Å²) < 4.78 is 10.1. The predicted molar refractivity (Wildman–Crippen MR) is 57.1 cm³/mol. The van der Waals surface area contributed by atoms with Crippen LogP contribution in [0.1, 0.15) is 0 Å². The van der Waals surface area contributed by atoms with Gasteiger partial charge in [-0.3, -0.25) is 0 Å². The first-order valence-electron chi connectivity index (χ1n) is 4.57. The number of imidazole rings is 1. The highest BCUT2D eigenvalue weighted by atomic mass is 16.5. The van der Waals surface area contributed by atoms with Crippen LogP contribution in [0.15, 0.2) is 30.5 Å². The topological polar surface area (TPSA) is 47.1 Å². The number of nitrogens with one attached hydrogen (secondary N) is 1. The van der Waals surface area contributed by atoms with Gasteiger partial charge in [-0.25, -0.2) is 4.98 Å². The van der Waals surface area contributed by atoms with Crippen molar-refractivity contribution in [1.29, 1.82) is 0 Å². The zero-order chi connectivity index (χ0) is 10.7. The van der Waals surface area contributed by atoms with Gasteiger partial charge in [0.05, 0.1) is 26.1 Å². The lowest BCUT2D eigenvalue weighted by atomic mass is 10.2. The molecule has 0 atom stereocenters. The Morgan fingerprint density at radius 2 is 1.80 bits per heavy atom. The van der Waals surface area contributed by atoms with Crippen molar-refractivity contribution in [3.63, 3.8) is 0 Å². The number of hydrogen-bond acceptors (Lipinski definition) is 3. The van der Waals surface area contributed by atoms with Gasteiger partial charge >= 0.3 is 0 Å². The predicted octanol–water partition coefficient (Wildman–Crippen LogP) is 2.09. The molecule has 78 valence electrons. The second-order valence-electron chi connectivity index (χ2n) is 3.03. The Kier molecular flexibility index (Phi) is 2.58. The monoisotopic (exact) mass is 204 g/mol. The van der Waals surface area contributed by atoms with Crippen molar-refractivity contribution in [2.24, 2.45) is 0 Å². The number of nitrogens with zero attached hydrogens (tertiary/aromatic N) is 1. The molecule has 0 bridgehead atoms. The van der Waals surface area contributed by atoms with Crippen LogP contribution in [-0.2, 0) is 0 Å². The van der Waals surface area contributed by atoms with Gasteiger partial charge in [-0.05, 0) is 29.8 Å². The molecule has 0 aliphatic heterocycles. The number of rotatable bonds is 3. The summed E-state index contributed by atoms with van der Waals surface area (Å²) in [6, 6.07) is 8.25. The van der Waals surface area contributed by atoms with Gasteiger partial charge in [-0.15, -0.1) is 0 Å². The maximum absolute atomic E-state index is 5.08. The minimum Gasteiger partial charge on any atom is -0.497 e. The minimum atomic E-state index is 0.515. The van der Waals surface area contributed by atoms with E-state index in [0.29, 0.717) is 6.01 Å². The summed E-state index contributed by atoms with van der Waals surface area (Å²) in [6.45, 7) is 0. The molecule has 4 heteroatoms. The standard InChI is InChI=1S/C11H12N2O2/c1-14-9-5-3-8(4-6-9)10-7-12-11(13-10)15-2/h3-7H,1-2H3,(H,12,13). The molecule has 0 saturated heterocycles. The second kappa shape index (κ2) is 4.04. The second-order valence-corrected chi connectivity index (χ2v) is 3.03. The van der Waals surface area contributed by atoms with Crippen LogP contribution < -0.4 is 9.47 Å². The number of ether oxygens (including phenoxy) is 2. The van der Waals surface area contributed by atoms with Crippen molar-refractivity contribution >= 4 is 0 Å². The SMILES string of the molecule is COc1ccc(-c2cnc(OC)[nH]2)cc1. The van der Waals surface area contributed by atoms with Gasteiger partial charge < -0.3 is 14.5 Å². The minimum absolute atomic E-state index is 0.515. The van der Waals surface area contributed by atoms with E-state index in [0.717, 1.165) is 17.0 Å². The van der Waals surface area contributed by atoms with Gasteiger partial charge in [0.1, 0.15) is 5.75 Å². The molecular weight excluding hydrogens is 192 g/mol. The van der Waals surface area contributed by atoms with E-state index >= 15 is 0 Å². The van der Waals surface area contributed by atoms with Crippen LogP contribution in [0.3, 0.4) is 0 Å². The van der Waals surface area contributed by atoms with Gasteiger partial charge in [0.2, 0.25) is 0 Å². The zero-order valence-corrected chi connectivity index (χ0v) is 8.65. The summed E-state index contributed by atoms with van der Waals surface area (Å²) >= 11 is 0. The van der Waals surface area contributed by atoms with E-state index in [1.807, 2.05) is 24.3 Å². The smallest absolute Gasteiger partial charge is 0.293 e. The lowest BCUT2D eigenvalue weighted by molar-refractivity contribution is 0.384. The molecule has 1 aromatic carbocycles. The Morgan fingerprint density at radius 3 is 2.33 bits per heavy atom. The average Bonchev–Trinajstić information content (AvgIpc) is 2.78. The third kappa shape index (κ3) is 1.93. The molecule has 2 aromatic rings. The number of methoxy groups -OCH3 is 2. The molecule has 0 fully saturated rings. The molecule has 4 nitrogen and oxygen atoms in total. The molecule has 2 rings (SSSR count). The first kappa shape index (κ1) is 9.58. The van der Waals surface area contributed by atoms with Gasteiger partial charge in [0.25, 0.3) is 6.01 Å². The number of aromatic amines is 1. The van der Waals surface area contributed by atoms with Crippen LogP contribution in [0.2, 0.25) is 0 Å². The Labute approximate surface area is 87.9 Å². The van der Waals surface area contributed by atoms with E-state index in [-0.39, 0.29) is 0 Å². The fraction of sp³-hybridized carbons (Fsp3) is 0.182. The first-order chi connectivity index (χ1) is 7.33. The summed E-state index contributed by atoms with van der Waals surface area (Å²) in [4.78, 5) is 7.09. The molecular formula is C11H12N2O2. The van der Waals surface area contributed by atoms with Crippen molar-refractivity contribution in [2.45, 2.75) is 0 Å². The maximum Gasteiger partial charge on any atom is 0.293 e. The van der Waals surface area contributed by atoms with Crippen molar-refractivity contribution in [1.82, 2.24) is 9.97 Å². The lowest BCUT2D eigenvalue weighted by Gasteiger charge is -2.00. The largest absolute Gasteiger partial charge is 0.497 e. The molecule has 15 heavy (non-hydrogen) atoms. The maximum atomic E-state index is 5.08. The lowest BCUT2D eigenvalue weighted by Crippen LogP contribution is -1.84. The fourth-order valence-electron chi connectivity index (χ4n) is 1.32. The molecule has 1 heterocycles. The van der Waals surface area contributed by atoms with Crippen molar-refractivity contribution < 1.29 is 9.47 Å². The fourth-order valence-corrected chi connectivity index (χ4v) is 1.32. The molecule has 0 aliphatic rings. The van der Waals surface area contributed by atoms with E-state index in [2.05, 4.69) is 9.97 Å². The summed E-state index contributed by atoms with van der Waals surface area (Å²) in [5.74, 6) is 0.838. The molecule has 0 saturated carbocycles. The van der Waals surface area contributed by atoms with E-state index in [1.54, 1.807) is 20.4 Å². The Morgan fingerprint density at radius 1 is 1.07 bits per heavy atom. The summed E-state index contributed by atoms with van der Waals surface area (Å²) in [6.07, 6.45) is 1.74. The summed E-state index contributed by atoms with van der Waals surface area (Å²) in [5, 5.41) is 0. The Bertz CT molecular complexity index is 434. The van der Waals surface area contributed by atoms with E-state index in [9.17, 15) is 0 Å². The molecule has 0 amide bonds. The van der Waals surface area contributed by atoms with Crippen molar-refractivity contribution in [2.75, 3.05) is 14.2 Å². The van der Waals surface area contributed by atoms with Crippen LogP contribution in [0.5, 0.6) is 11.8 Å². The average molecular weight is 204 g/mol. The Balaban J connectivity index is 2.28. The van der Waals surface area contributed by atoms with Gasteiger partial charge in [-0.1, -0.05) is 0 Å². The summed E-state index contributed by atoms with van der Waals surface area (Å²) in [7, 11) is 3.23. The van der Waals surface area contributed by atoms with Crippen molar-refractivity contribution in [3.05, 3.63) is 30.5 Å². The number of benzene rings is 1. The highest BCUT2D eigenvalue weighted by molar-refractivity contribution is 5.59. The van der Waals surface area contributed by atoms with Crippen LogP contribution in [0.4, 0.5) is 0 Å². The zero-order valence-electron chi connectivity index (χ0n) is 8.65. The van der Waals surface area contributed by atoms with Crippen LogP contribution in [-0.4, -0.2) is 24.2 Å². The van der Waals surface area contributed by atoms with Gasteiger partial charge in [0, 0.05) is 0 Å². The first-order valence-corrected chi connectivity index (χ1v) is 4.57. The van der Waals surface area contributed by atoms with Crippen LogP contribution in [0.25, 0.3) is 11.3 Å². The molecule has 1 N–H and O–H groups in total. The number of aromatic nitrogens is 2. The Hall–Kier alpha value is -1.97. The molecule has 0 radical (unpaired) electrons.